The molecule has 128 valence electrons. The second kappa shape index (κ2) is 8.10. The Labute approximate surface area is 146 Å². The molecule has 1 unspecified atom stereocenters. The van der Waals surface area contributed by atoms with Crippen LogP contribution in [0.4, 0.5) is 0 Å². The van der Waals surface area contributed by atoms with Crippen molar-refractivity contribution in [1.82, 2.24) is 20.1 Å². The van der Waals surface area contributed by atoms with Crippen molar-refractivity contribution < 1.29 is 9.53 Å². The molecule has 6 heteroatoms. The average Bonchev–Trinajstić information content (AvgIpc) is 3.17. The van der Waals surface area contributed by atoms with E-state index in [1.165, 1.54) is 6.33 Å². The minimum Gasteiger partial charge on any atom is -0.493 e. The standard InChI is InChI=1S/C19H20N4O2/c1-15(16-7-9-17(10-8-16)23-14-20-13-21-23)22-19(24)11-12-25-18-5-3-2-4-6-18/h2-10,13-15H,11-12H2,1H3,(H,22,24). The van der Waals surface area contributed by atoms with E-state index in [0.29, 0.717) is 13.0 Å². The summed E-state index contributed by atoms with van der Waals surface area (Å²) >= 11 is 0. The number of hydrogen-bond donors (Lipinski definition) is 1. The van der Waals surface area contributed by atoms with Crippen molar-refractivity contribution in [2.24, 2.45) is 0 Å². The molecule has 0 spiro atoms. The van der Waals surface area contributed by atoms with Crippen molar-refractivity contribution in [3.63, 3.8) is 0 Å². The van der Waals surface area contributed by atoms with Gasteiger partial charge in [0.15, 0.2) is 0 Å². The molecule has 3 rings (SSSR count). The fraction of sp³-hybridized carbons (Fsp3) is 0.211. The maximum Gasteiger partial charge on any atom is 0.223 e. The number of hydrogen-bond acceptors (Lipinski definition) is 4. The third kappa shape index (κ3) is 4.67. The lowest BCUT2D eigenvalue weighted by molar-refractivity contribution is -0.122. The zero-order valence-electron chi connectivity index (χ0n) is 14.0. The van der Waals surface area contributed by atoms with E-state index in [0.717, 1.165) is 17.0 Å². The number of nitrogens with zero attached hydrogens (tertiary/aromatic N) is 3. The molecule has 1 aromatic heterocycles. The number of para-hydroxylation sites is 1. The Morgan fingerprint density at radius 1 is 1.16 bits per heavy atom. The van der Waals surface area contributed by atoms with Gasteiger partial charge in [-0.2, -0.15) is 5.10 Å². The van der Waals surface area contributed by atoms with Crippen LogP contribution in [0.5, 0.6) is 5.75 Å². The van der Waals surface area contributed by atoms with Gasteiger partial charge in [-0.1, -0.05) is 30.3 Å². The molecule has 1 heterocycles. The molecule has 0 radical (unpaired) electrons. The molecule has 25 heavy (non-hydrogen) atoms. The Bertz CT molecular complexity index is 786. The predicted octanol–water partition coefficient (Wildman–Crippen LogP) is 2.91. The summed E-state index contributed by atoms with van der Waals surface area (Å²) in [5, 5.41) is 7.07. The van der Waals surface area contributed by atoms with Gasteiger partial charge in [-0.05, 0) is 36.8 Å². The lowest BCUT2D eigenvalue weighted by Gasteiger charge is -2.15. The van der Waals surface area contributed by atoms with Crippen LogP contribution in [0.15, 0.2) is 67.3 Å². The minimum atomic E-state index is -0.0750. The third-order valence-electron chi connectivity index (χ3n) is 3.79. The summed E-state index contributed by atoms with van der Waals surface area (Å²) in [6.07, 6.45) is 3.46. The molecule has 0 aliphatic carbocycles. The highest BCUT2D eigenvalue weighted by atomic mass is 16.5. The third-order valence-corrected chi connectivity index (χ3v) is 3.79. The van der Waals surface area contributed by atoms with E-state index >= 15 is 0 Å². The Morgan fingerprint density at radius 3 is 2.60 bits per heavy atom. The molecule has 0 saturated carbocycles. The second-order valence-electron chi connectivity index (χ2n) is 5.63. The average molecular weight is 336 g/mol. The summed E-state index contributed by atoms with van der Waals surface area (Å²) in [4.78, 5) is 16.0. The van der Waals surface area contributed by atoms with Crippen LogP contribution in [-0.2, 0) is 4.79 Å². The summed E-state index contributed by atoms with van der Waals surface area (Å²) in [5.74, 6) is 0.732. The van der Waals surface area contributed by atoms with Crippen molar-refractivity contribution >= 4 is 5.91 Å². The normalized spacial score (nSPS) is 11.7. The summed E-state index contributed by atoms with van der Waals surface area (Å²) in [5.41, 5.74) is 1.96. The first kappa shape index (κ1) is 16.7. The fourth-order valence-corrected chi connectivity index (χ4v) is 2.43. The number of carbonyl (C=O) groups excluding carboxylic acids is 1. The highest BCUT2D eigenvalue weighted by molar-refractivity contribution is 5.76. The van der Waals surface area contributed by atoms with Crippen molar-refractivity contribution in [2.75, 3.05) is 6.61 Å². The monoisotopic (exact) mass is 336 g/mol. The topological polar surface area (TPSA) is 69.0 Å². The molecular formula is C19H20N4O2. The minimum absolute atomic E-state index is 0.0382. The van der Waals surface area contributed by atoms with Crippen LogP contribution in [-0.4, -0.2) is 27.3 Å². The number of aromatic nitrogens is 3. The number of benzene rings is 2. The maximum atomic E-state index is 12.1. The zero-order chi connectivity index (χ0) is 17.5. The largest absolute Gasteiger partial charge is 0.493 e. The molecule has 1 atom stereocenters. The molecule has 6 nitrogen and oxygen atoms in total. The highest BCUT2D eigenvalue weighted by Crippen LogP contribution is 2.15. The summed E-state index contributed by atoms with van der Waals surface area (Å²) < 4.78 is 7.23. The van der Waals surface area contributed by atoms with E-state index in [-0.39, 0.29) is 11.9 Å². The Kier molecular flexibility index (Phi) is 5.41. The highest BCUT2D eigenvalue weighted by Gasteiger charge is 2.10. The first-order valence-electron chi connectivity index (χ1n) is 8.14. The molecule has 0 saturated heterocycles. The quantitative estimate of drug-likeness (QED) is 0.720. The Balaban J connectivity index is 1.48. The fourth-order valence-electron chi connectivity index (χ4n) is 2.43. The molecule has 0 aliphatic rings. The van der Waals surface area contributed by atoms with E-state index in [4.69, 9.17) is 4.74 Å². The molecule has 0 bridgehead atoms. The Hall–Kier alpha value is -3.15. The number of nitrogens with one attached hydrogen (secondary N) is 1. The van der Waals surface area contributed by atoms with Crippen molar-refractivity contribution in [3.05, 3.63) is 72.8 Å². The van der Waals surface area contributed by atoms with E-state index in [9.17, 15) is 4.79 Å². The van der Waals surface area contributed by atoms with Gasteiger partial charge in [0.25, 0.3) is 0 Å². The van der Waals surface area contributed by atoms with E-state index in [1.54, 1.807) is 11.0 Å². The molecule has 2 aromatic carbocycles. The van der Waals surface area contributed by atoms with Crippen LogP contribution in [0.25, 0.3) is 5.69 Å². The van der Waals surface area contributed by atoms with Gasteiger partial charge < -0.3 is 10.1 Å². The molecule has 0 aliphatic heterocycles. The van der Waals surface area contributed by atoms with Crippen molar-refractivity contribution in [3.8, 4) is 11.4 Å². The summed E-state index contributed by atoms with van der Waals surface area (Å²) in [6, 6.07) is 17.3. The SMILES string of the molecule is CC(NC(=O)CCOc1ccccc1)c1ccc(-n2cncn2)cc1. The van der Waals surface area contributed by atoms with Crippen LogP contribution in [0.2, 0.25) is 0 Å². The molecule has 0 fully saturated rings. The maximum absolute atomic E-state index is 12.1. The molecule has 1 amide bonds. The molecule has 3 aromatic rings. The van der Waals surface area contributed by atoms with Gasteiger partial charge in [-0.25, -0.2) is 9.67 Å². The van der Waals surface area contributed by atoms with Gasteiger partial charge in [-0.3, -0.25) is 4.79 Å². The van der Waals surface area contributed by atoms with Gasteiger partial charge in [0.1, 0.15) is 18.4 Å². The predicted molar refractivity (Wildman–Crippen MR) is 94.5 cm³/mol. The summed E-state index contributed by atoms with van der Waals surface area (Å²) in [7, 11) is 0. The van der Waals surface area contributed by atoms with Crippen molar-refractivity contribution in [1.29, 1.82) is 0 Å². The van der Waals surface area contributed by atoms with Crippen LogP contribution < -0.4 is 10.1 Å². The van der Waals surface area contributed by atoms with E-state index in [1.807, 2.05) is 61.5 Å². The van der Waals surface area contributed by atoms with Crippen LogP contribution in [0, 0.1) is 0 Å². The van der Waals surface area contributed by atoms with Gasteiger partial charge in [-0.15, -0.1) is 0 Å². The Morgan fingerprint density at radius 2 is 1.92 bits per heavy atom. The number of amides is 1. The second-order valence-corrected chi connectivity index (χ2v) is 5.63. The molecular weight excluding hydrogens is 316 g/mol. The lowest BCUT2D eigenvalue weighted by atomic mass is 10.1. The smallest absolute Gasteiger partial charge is 0.223 e. The van der Waals surface area contributed by atoms with Gasteiger partial charge in [0.05, 0.1) is 24.8 Å². The van der Waals surface area contributed by atoms with E-state index < -0.39 is 0 Å². The van der Waals surface area contributed by atoms with Crippen LogP contribution in [0.1, 0.15) is 24.9 Å². The number of rotatable bonds is 7. The number of ether oxygens (including phenoxy) is 1. The first-order chi connectivity index (χ1) is 12.2. The van der Waals surface area contributed by atoms with E-state index in [2.05, 4.69) is 15.4 Å². The number of carbonyl (C=O) groups is 1. The van der Waals surface area contributed by atoms with Crippen LogP contribution in [0.3, 0.4) is 0 Å². The zero-order valence-corrected chi connectivity index (χ0v) is 14.0. The lowest BCUT2D eigenvalue weighted by Crippen LogP contribution is -2.27. The molecule has 1 N–H and O–H groups in total. The van der Waals surface area contributed by atoms with Crippen molar-refractivity contribution in [2.45, 2.75) is 19.4 Å². The first-order valence-corrected chi connectivity index (χ1v) is 8.14. The summed E-state index contributed by atoms with van der Waals surface area (Å²) in [6.45, 7) is 2.31. The van der Waals surface area contributed by atoms with Gasteiger partial charge in [0, 0.05) is 0 Å². The van der Waals surface area contributed by atoms with Crippen LogP contribution >= 0.6 is 0 Å². The van der Waals surface area contributed by atoms with Gasteiger partial charge in [0.2, 0.25) is 5.91 Å². The van der Waals surface area contributed by atoms with Gasteiger partial charge >= 0.3 is 0 Å².